The lowest BCUT2D eigenvalue weighted by atomic mass is 9.98. The number of aryl methyl sites for hydroxylation is 1. The number of methoxy groups -OCH3 is 1. The number of phenolic OH excluding ortho intramolecular Hbond substituents is 1. The Morgan fingerprint density at radius 1 is 0.982 bits per heavy atom. The number of carbonyl (C=O) groups is 3. The lowest BCUT2D eigenvalue weighted by Gasteiger charge is -2.55. The van der Waals surface area contributed by atoms with Crippen molar-refractivity contribution in [3.8, 4) is 11.5 Å². The van der Waals surface area contributed by atoms with E-state index in [1.165, 1.54) is 39.3 Å². The summed E-state index contributed by atoms with van der Waals surface area (Å²) >= 11 is 0. The lowest BCUT2D eigenvalue weighted by molar-refractivity contribution is -0.189. The van der Waals surface area contributed by atoms with Crippen LogP contribution in [0.25, 0.3) is 10.9 Å². The zero-order valence-electron chi connectivity index (χ0n) is 30.5. The summed E-state index contributed by atoms with van der Waals surface area (Å²) in [5.74, 6) is -0.147. The van der Waals surface area contributed by atoms with E-state index in [1.807, 2.05) is 37.3 Å². The van der Waals surface area contributed by atoms with Crippen molar-refractivity contribution in [1.82, 2.24) is 29.1 Å². The number of nitrogens with zero attached hydrogens (tertiary/aromatic N) is 5. The summed E-state index contributed by atoms with van der Waals surface area (Å²) in [6.45, 7) is 5.89. The van der Waals surface area contributed by atoms with Gasteiger partial charge in [0.25, 0.3) is 10.0 Å². The van der Waals surface area contributed by atoms with Gasteiger partial charge in [0, 0.05) is 37.6 Å². The predicted molar refractivity (Wildman–Crippen MR) is 206 cm³/mol. The topological polar surface area (TPSA) is 145 Å². The van der Waals surface area contributed by atoms with Gasteiger partial charge < -0.3 is 25.0 Å². The molecule has 2 fully saturated rings. The quantitative estimate of drug-likeness (QED) is 0.186. The Labute approximate surface area is 319 Å². The summed E-state index contributed by atoms with van der Waals surface area (Å²) in [5, 5.41) is 16.6. The number of aromatic nitrogens is 1. The molecule has 55 heavy (non-hydrogen) atoms. The molecule has 2 unspecified atom stereocenters. The summed E-state index contributed by atoms with van der Waals surface area (Å²) in [5.41, 5.74) is 3.42. The summed E-state index contributed by atoms with van der Waals surface area (Å²) in [6.07, 6.45) is 2.32. The molecule has 0 bridgehead atoms. The standard InChI is InChI=1S/C41H42N6O7S/c1-4-20-44-27-39(49)46-37(21-29-12-14-32(48)15-13-29)40(50)43(26-38(46)47(44)41(51)42-23-30-8-6-5-7-9-30)24-31-25-45(36-19-16-33(54-3)22-35(31)36)55(52,53)34-17-10-28(2)11-18-34/h4-19,22,25,37-38,48H,1,20-21,23-24,26-27H2,2-3H3,(H,42,51). The molecule has 5 aromatic rings. The van der Waals surface area contributed by atoms with Gasteiger partial charge in [-0.15, -0.1) is 6.58 Å². The number of piperazine rings is 1. The number of benzene rings is 4. The van der Waals surface area contributed by atoms with Gasteiger partial charge in [-0.05, 0) is 66.1 Å². The highest BCUT2D eigenvalue weighted by Gasteiger charge is 2.51. The van der Waals surface area contributed by atoms with E-state index < -0.39 is 28.3 Å². The molecular weight excluding hydrogens is 721 g/mol. The van der Waals surface area contributed by atoms with Crippen LogP contribution in [0.2, 0.25) is 0 Å². The second kappa shape index (κ2) is 15.3. The molecule has 0 aliphatic carbocycles. The van der Waals surface area contributed by atoms with Crippen molar-refractivity contribution >= 4 is 38.8 Å². The van der Waals surface area contributed by atoms with Crippen molar-refractivity contribution in [2.45, 2.75) is 43.5 Å². The van der Waals surface area contributed by atoms with Gasteiger partial charge in [-0.1, -0.05) is 66.2 Å². The second-order valence-electron chi connectivity index (χ2n) is 13.7. The van der Waals surface area contributed by atoms with Crippen LogP contribution >= 0.6 is 0 Å². The van der Waals surface area contributed by atoms with Gasteiger partial charge in [0.05, 0.1) is 30.6 Å². The van der Waals surface area contributed by atoms with Crippen LogP contribution in [0.3, 0.4) is 0 Å². The van der Waals surface area contributed by atoms with Gasteiger partial charge in [0.2, 0.25) is 11.8 Å². The van der Waals surface area contributed by atoms with Gasteiger partial charge >= 0.3 is 6.03 Å². The van der Waals surface area contributed by atoms with E-state index in [1.54, 1.807) is 70.6 Å². The minimum Gasteiger partial charge on any atom is -0.508 e. The average Bonchev–Trinajstić information content (AvgIpc) is 3.55. The Kier molecular flexibility index (Phi) is 10.4. The molecular formula is C41H42N6O7S. The molecule has 0 spiro atoms. The number of ether oxygens (including phenoxy) is 1. The molecule has 14 heteroatoms. The Bertz CT molecular complexity index is 2350. The van der Waals surface area contributed by atoms with Gasteiger partial charge in [-0.25, -0.2) is 27.2 Å². The van der Waals surface area contributed by atoms with Crippen LogP contribution in [0.15, 0.2) is 121 Å². The molecule has 4 amide bonds. The number of hydrogen-bond acceptors (Lipinski definition) is 8. The summed E-state index contributed by atoms with van der Waals surface area (Å²) < 4.78 is 34.9. The maximum Gasteiger partial charge on any atom is 0.334 e. The van der Waals surface area contributed by atoms with E-state index in [2.05, 4.69) is 11.9 Å². The zero-order valence-corrected chi connectivity index (χ0v) is 31.4. The third kappa shape index (κ3) is 7.38. The monoisotopic (exact) mass is 762 g/mol. The molecule has 2 N–H and O–H groups in total. The van der Waals surface area contributed by atoms with Crippen molar-refractivity contribution in [2.24, 2.45) is 0 Å². The number of fused-ring (bicyclic) bond motifs is 2. The van der Waals surface area contributed by atoms with Gasteiger partial charge in [0.15, 0.2) is 0 Å². The number of carbonyl (C=O) groups excluding carboxylic acids is 3. The lowest BCUT2D eigenvalue weighted by Crippen LogP contribution is -2.76. The van der Waals surface area contributed by atoms with Gasteiger partial charge in [0.1, 0.15) is 23.7 Å². The molecule has 7 rings (SSSR count). The Balaban J connectivity index is 1.30. The highest BCUT2D eigenvalue weighted by molar-refractivity contribution is 7.90. The molecule has 2 atom stereocenters. The molecule has 0 radical (unpaired) electrons. The Hall–Kier alpha value is -6.12. The molecule has 1 aromatic heterocycles. The Morgan fingerprint density at radius 2 is 1.71 bits per heavy atom. The highest BCUT2D eigenvalue weighted by Crippen LogP contribution is 2.34. The first-order valence-corrected chi connectivity index (χ1v) is 19.3. The van der Waals surface area contributed by atoms with E-state index >= 15 is 0 Å². The van der Waals surface area contributed by atoms with Crippen LogP contribution < -0.4 is 10.1 Å². The maximum atomic E-state index is 14.7. The second-order valence-corrected chi connectivity index (χ2v) is 15.5. The fourth-order valence-electron chi connectivity index (χ4n) is 7.28. The average molecular weight is 763 g/mol. The summed E-state index contributed by atoms with van der Waals surface area (Å²) in [7, 11) is -2.54. The van der Waals surface area contributed by atoms with Gasteiger partial charge in [-0.3, -0.25) is 9.59 Å². The van der Waals surface area contributed by atoms with Crippen LogP contribution in [0.1, 0.15) is 22.3 Å². The van der Waals surface area contributed by atoms with Crippen LogP contribution in [0, 0.1) is 6.92 Å². The Morgan fingerprint density at radius 3 is 2.40 bits per heavy atom. The van der Waals surface area contributed by atoms with Gasteiger partial charge in [-0.2, -0.15) is 0 Å². The van der Waals surface area contributed by atoms with Crippen molar-refractivity contribution < 1.29 is 32.6 Å². The fraction of sp³-hybridized carbons (Fsp3) is 0.244. The first kappa shape index (κ1) is 37.2. The molecule has 2 aliphatic rings. The number of hydrazine groups is 1. The number of rotatable bonds is 11. The van der Waals surface area contributed by atoms with E-state index in [-0.39, 0.29) is 61.6 Å². The van der Waals surface area contributed by atoms with E-state index in [0.29, 0.717) is 27.8 Å². The highest BCUT2D eigenvalue weighted by atomic mass is 32.2. The number of phenols is 1. The third-order valence-electron chi connectivity index (χ3n) is 10.0. The maximum absolute atomic E-state index is 14.7. The third-order valence-corrected chi connectivity index (χ3v) is 11.7. The number of amides is 4. The molecule has 13 nitrogen and oxygen atoms in total. The molecule has 2 saturated heterocycles. The number of nitrogens with one attached hydrogen (secondary N) is 1. The predicted octanol–water partition coefficient (Wildman–Crippen LogP) is 4.64. The number of hydrogen-bond donors (Lipinski definition) is 2. The zero-order chi connectivity index (χ0) is 38.9. The van der Waals surface area contributed by atoms with Crippen LogP contribution in [0.4, 0.5) is 4.79 Å². The van der Waals surface area contributed by atoms with Crippen molar-refractivity contribution in [3.63, 3.8) is 0 Å². The van der Waals surface area contributed by atoms with Crippen LogP contribution in [-0.4, -0.2) is 94.1 Å². The smallest absolute Gasteiger partial charge is 0.334 e. The van der Waals surface area contributed by atoms with Crippen LogP contribution in [-0.2, 0) is 39.1 Å². The molecule has 4 aromatic carbocycles. The first-order valence-electron chi connectivity index (χ1n) is 17.8. The fourth-order valence-corrected chi connectivity index (χ4v) is 8.67. The number of aromatic hydroxyl groups is 1. The summed E-state index contributed by atoms with van der Waals surface area (Å²) in [6, 6.07) is 26.0. The van der Waals surface area contributed by atoms with Crippen molar-refractivity contribution in [2.75, 3.05) is 26.7 Å². The molecule has 2 aliphatic heterocycles. The normalized spacial score (nSPS) is 17.7. The summed E-state index contributed by atoms with van der Waals surface area (Å²) in [4.78, 5) is 46.1. The minimum atomic E-state index is -4.06. The van der Waals surface area contributed by atoms with E-state index in [9.17, 15) is 27.9 Å². The SMILES string of the molecule is C=CCN1CC(=O)N2C(Cc3ccc(O)cc3)C(=O)N(Cc3cn(S(=O)(=O)c4ccc(C)cc4)c4ccc(OC)cc34)CC2N1C(=O)NCc1ccccc1. The molecule has 284 valence electrons. The first-order chi connectivity index (χ1) is 26.5. The molecule has 3 heterocycles. The van der Waals surface area contributed by atoms with Crippen molar-refractivity contribution in [3.05, 3.63) is 138 Å². The van der Waals surface area contributed by atoms with Crippen molar-refractivity contribution in [1.29, 1.82) is 0 Å². The van der Waals surface area contributed by atoms with E-state index in [4.69, 9.17) is 4.74 Å². The minimum absolute atomic E-state index is 0.0372. The van der Waals surface area contributed by atoms with Crippen LogP contribution in [0.5, 0.6) is 11.5 Å². The van der Waals surface area contributed by atoms with E-state index in [0.717, 1.165) is 11.1 Å². The number of urea groups is 1. The largest absolute Gasteiger partial charge is 0.508 e. The molecule has 0 saturated carbocycles.